The minimum atomic E-state index is -1.15. The molecule has 1 fully saturated rings. The average Bonchev–Trinajstić information content (AvgIpc) is 3.23. The summed E-state index contributed by atoms with van der Waals surface area (Å²) < 4.78 is 14.8. The van der Waals surface area contributed by atoms with E-state index in [-0.39, 0.29) is 5.82 Å². The van der Waals surface area contributed by atoms with Crippen molar-refractivity contribution in [2.75, 3.05) is 51.2 Å². The second-order valence-electron chi connectivity index (χ2n) is 7.90. The zero-order chi connectivity index (χ0) is 22.5. The van der Waals surface area contributed by atoms with Crippen molar-refractivity contribution in [3.05, 3.63) is 59.4 Å². The summed E-state index contributed by atoms with van der Waals surface area (Å²) in [5.41, 5.74) is 2.39. The Morgan fingerprint density at radius 1 is 1.19 bits per heavy atom. The van der Waals surface area contributed by atoms with Crippen LogP contribution in [-0.2, 0) is 11.3 Å². The van der Waals surface area contributed by atoms with Crippen molar-refractivity contribution in [1.82, 2.24) is 14.8 Å². The molecule has 4 rings (SSSR count). The number of halogens is 1. The Morgan fingerprint density at radius 2 is 1.94 bits per heavy atom. The van der Waals surface area contributed by atoms with Crippen molar-refractivity contribution in [2.24, 2.45) is 0 Å². The van der Waals surface area contributed by atoms with E-state index in [9.17, 15) is 9.18 Å². The first kappa shape index (κ1) is 22.2. The van der Waals surface area contributed by atoms with Gasteiger partial charge in [-0.05, 0) is 36.9 Å². The van der Waals surface area contributed by atoms with E-state index in [1.807, 2.05) is 30.3 Å². The van der Waals surface area contributed by atoms with Gasteiger partial charge in [-0.1, -0.05) is 35.5 Å². The van der Waals surface area contributed by atoms with Crippen LogP contribution < -0.4 is 4.90 Å². The SMILES string of the molecule is CN1CCN(CCN(Cc2ccc(C#CC(=O)O)cc2)c2nc3cccc(F)c3s2)CC1. The van der Waals surface area contributed by atoms with Gasteiger partial charge in [0.2, 0.25) is 0 Å². The Labute approximate surface area is 190 Å². The highest BCUT2D eigenvalue weighted by Crippen LogP contribution is 2.31. The number of hydrogen-bond donors (Lipinski definition) is 1. The molecule has 2 aromatic carbocycles. The molecule has 2 heterocycles. The first-order valence-electron chi connectivity index (χ1n) is 10.5. The summed E-state index contributed by atoms with van der Waals surface area (Å²) in [5, 5.41) is 9.52. The van der Waals surface area contributed by atoms with Gasteiger partial charge in [0.15, 0.2) is 5.13 Å². The maximum Gasteiger partial charge on any atom is 0.382 e. The number of carboxylic acid groups (broad SMARTS) is 1. The number of nitrogens with zero attached hydrogens (tertiary/aromatic N) is 4. The zero-order valence-electron chi connectivity index (χ0n) is 17.9. The van der Waals surface area contributed by atoms with Crippen LogP contribution in [-0.4, -0.2) is 72.2 Å². The zero-order valence-corrected chi connectivity index (χ0v) is 18.7. The quantitative estimate of drug-likeness (QED) is 0.580. The molecule has 0 amide bonds. The Bertz CT molecular complexity index is 1140. The van der Waals surface area contributed by atoms with E-state index in [1.54, 1.807) is 6.07 Å². The van der Waals surface area contributed by atoms with Crippen molar-refractivity contribution in [3.8, 4) is 11.8 Å². The molecule has 1 aromatic heterocycles. The molecule has 3 aromatic rings. The summed E-state index contributed by atoms with van der Waals surface area (Å²) in [4.78, 5) is 22.3. The lowest BCUT2D eigenvalue weighted by atomic mass is 10.1. The molecule has 6 nitrogen and oxygen atoms in total. The minimum absolute atomic E-state index is 0.244. The highest BCUT2D eigenvalue weighted by molar-refractivity contribution is 7.22. The number of anilines is 1. The van der Waals surface area contributed by atoms with Crippen molar-refractivity contribution < 1.29 is 14.3 Å². The molecule has 0 radical (unpaired) electrons. The lowest BCUT2D eigenvalue weighted by Crippen LogP contribution is -2.47. The number of aromatic nitrogens is 1. The van der Waals surface area contributed by atoms with E-state index in [2.05, 4.69) is 33.6 Å². The summed E-state index contributed by atoms with van der Waals surface area (Å²) in [6.07, 6.45) is 0. The fourth-order valence-electron chi connectivity index (χ4n) is 3.65. The van der Waals surface area contributed by atoms with Gasteiger partial charge in [-0.15, -0.1) is 0 Å². The minimum Gasteiger partial charge on any atom is -0.472 e. The molecule has 166 valence electrons. The van der Waals surface area contributed by atoms with Crippen molar-refractivity contribution in [1.29, 1.82) is 0 Å². The third kappa shape index (κ3) is 5.62. The van der Waals surface area contributed by atoms with Crippen LogP contribution in [0.15, 0.2) is 42.5 Å². The molecule has 0 spiro atoms. The van der Waals surface area contributed by atoms with E-state index in [0.29, 0.717) is 22.3 Å². The third-order valence-electron chi connectivity index (χ3n) is 5.55. The molecule has 1 saturated heterocycles. The van der Waals surface area contributed by atoms with Gasteiger partial charge in [0.05, 0.1) is 10.2 Å². The largest absolute Gasteiger partial charge is 0.472 e. The Morgan fingerprint density at radius 3 is 2.62 bits per heavy atom. The van der Waals surface area contributed by atoms with E-state index in [4.69, 9.17) is 10.1 Å². The van der Waals surface area contributed by atoms with Gasteiger partial charge < -0.3 is 14.9 Å². The summed E-state index contributed by atoms with van der Waals surface area (Å²) in [7, 11) is 2.14. The van der Waals surface area contributed by atoms with Crippen LogP contribution in [0.3, 0.4) is 0 Å². The van der Waals surface area contributed by atoms with E-state index in [1.165, 1.54) is 17.4 Å². The van der Waals surface area contributed by atoms with Gasteiger partial charge >= 0.3 is 5.97 Å². The smallest absolute Gasteiger partial charge is 0.382 e. The van der Waals surface area contributed by atoms with E-state index >= 15 is 0 Å². The number of piperazine rings is 1. The number of carbonyl (C=O) groups is 1. The molecule has 0 saturated carbocycles. The molecule has 1 aliphatic heterocycles. The van der Waals surface area contributed by atoms with Crippen LogP contribution in [0.4, 0.5) is 9.52 Å². The third-order valence-corrected chi connectivity index (χ3v) is 6.69. The molecule has 8 heteroatoms. The predicted octanol–water partition coefficient (Wildman–Crippen LogP) is 3.13. The lowest BCUT2D eigenvalue weighted by molar-refractivity contribution is -0.130. The van der Waals surface area contributed by atoms with Gasteiger partial charge in [-0.3, -0.25) is 4.90 Å². The first-order valence-corrected chi connectivity index (χ1v) is 11.3. The summed E-state index contributed by atoms with van der Waals surface area (Å²) in [5.74, 6) is 3.37. The van der Waals surface area contributed by atoms with Crippen LogP contribution in [0, 0.1) is 17.7 Å². The number of likely N-dealkylation sites (N-methyl/N-ethyl adjacent to an activating group) is 1. The van der Waals surface area contributed by atoms with Crippen molar-refractivity contribution in [2.45, 2.75) is 6.54 Å². The van der Waals surface area contributed by atoms with E-state index < -0.39 is 5.97 Å². The number of hydrogen-bond acceptors (Lipinski definition) is 6. The van der Waals surface area contributed by atoms with Crippen molar-refractivity contribution in [3.63, 3.8) is 0 Å². The molecular formula is C24H25FN4O2S. The summed E-state index contributed by atoms with van der Waals surface area (Å²) >= 11 is 1.38. The summed E-state index contributed by atoms with van der Waals surface area (Å²) in [6, 6.07) is 12.5. The highest BCUT2D eigenvalue weighted by Gasteiger charge is 2.18. The molecule has 1 N–H and O–H groups in total. The maximum atomic E-state index is 14.3. The number of thiazole rings is 1. The van der Waals surface area contributed by atoms with Crippen LogP contribution >= 0.6 is 11.3 Å². The molecule has 0 bridgehead atoms. The fourth-order valence-corrected chi connectivity index (χ4v) is 4.65. The fraction of sp³-hybridized carbons (Fsp3) is 0.333. The number of benzene rings is 2. The van der Waals surface area contributed by atoms with Crippen LogP contribution in [0.2, 0.25) is 0 Å². The standard InChI is InChI=1S/C24H25FN4O2S/c1-27-11-13-28(14-12-27)15-16-29(24-26-21-4-2-3-20(25)23(21)32-24)17-19-7-5-18(6-8-19)9-10-22(30)31/h2-8H,11-17H2,1H3,(H,30,31). The first-order chi connectivity index (χ1) is 15.5. The predicted molar refractivity (Wildman–Crippen MR) is 126 cm³/mol. The molecule has 0 aliphatic carbocycles. The number of rotatable bonds is 6. The molecule has 0 unspecified atom stereocenters. The normalized spacial score (nSPS) is 14.8. The molecule has 1 aliphatic rings. The topological polar surface area (TPSA) is 59.9 Å². The number of carboxylic acids is 1. The Balaban J connectivity index is 1.53. The average molecular weight is 453 g/mol. The number of aliphatic carboxylic acids is 1. The Hall–Kier alpha value is -2.99. The second-order valence-corrected chi connectivity index (χ2v) is 8.88. The van der Waals surface area contributed by atoms with Gasteiger partial charge in [-0.2, -0.15) is 0 Å². The van der Waals surface area contributed by atoms with Gasteiger partial charge in [0, 0.05) is 57.3 Å². The van der Waals surface area contributed by atoms with Crippen LogP contribution in [0.5, 0.6) is 0 Å². The molecular weight excluding hydrogens is 427 g/mol. The summed E-state index contributed by atoms with van der Waals surface area (Å²) in [6.45, 7) is 6.52. The van der Waals surface area contributed by atoms with Gasteiger partial charge in [0.1, 0.15) is 5.82 Å². The van der Waals surface area contributed by atoms with Crippen LogP contribution in [0.1, 0.15) is 11.1 Å². The molecule has 32 heavy (non-hydrogen) atoms. The van der Waals surface area contributed by atoms with Gasteiger partial charge in [-0.25, -0.2) is 14.2 Å². The van der Waals surface area contributed by atoms with Gasteiger partial charge in [0.25, 0.3) is 0 Å². The van der Waals surface area contributed by atoms with Crippen molar-refractivity contribution >= 4 is 32.7 Å². The Kier molecular flexibility index (Phi) is 7.00. The lowest BCUT2D eigenvalue weighted by Gasteiger charge is -2.34. The molecule has 0 atom stereocenters. The second kappa shape index (κ2) is 10.1. The number of fused-ring (bicyclic) bond motifs is 1. The monoisotopic (exact) mass is 452 g/mol. The van der Waals surface area contributed by atoms with E-state index in [0.717, 1.165) is 50.0 Å². The highest BCUT2D eigenvalue weighted by atomic mass is 32.1. The van der Waals surface area contributed by atoms with Crippen LogP contribution in [0.25, 0.3) is 10.2 Å². The maximum absolute atomic E-state index is 14.3.